The Morgan fingerprint density at radius 2 is 2.06 bits per heavy atom. The van der Waals surface area contributed by atoms with E-state index >= 15 is 0 Å². The Labute approximate surface area is 109 Å². The summed E-state index contributed by atoms with van der Waals surface area (Å²) in [5.41, 5.74) is 4.35. The Bertz CT molecular complexity index is 308. The van der Waals surface area contributed by atoms with Crippen LogP contribution in [0.2, 0.25) is 0 Å². The molecular weight excluding hydrogens is 230 g/mol. The van der Waals surface area contributed by atoms with Gasteiger partial charge in [0, 0.05) is 5.54 Å². The minimum absolute atomic E-state index is 0.0549. The molecule has 2 unspecified atom stereocenters. The first-order valence-corrected chi connectivity index (χ1v) is 7.31. The maximum atomic E-state index is 5.80. The van der Waals surface area contributed by atoms with Gasteiger partial charge in [-0.3, -0.25) is 16.2 Å². The van der Waals surface area contributed by atoms with E-state index < -0.39 is 0 Å². The fourth-order valence-corrected chi connectivity index (χ4v) is 3.32. The smallest absolute Gasteiger partial charge is 0.0649 e. The third-order valence-electron chi connectivity index (χ3n) is 3.87. The van der Waals surface area contributed by atoms with E-state index in [4.69, 9.17) is 5.84 Å². The van der Waals surface area contributed by atoms with E-state index in [0.29, 0.717) is 0 Å². The van der Waals surface area contributed by atoms with Crippen molar-refractivity contribution in [3.63, 3.8) is 0 Å². The van der Waals surface area contributed by atoms with Crippen molar-refractivity contribution in [2.24, 2.45) is 5.84 Å². The fraction of sp³-hybridized carbons (Fsp3) is 0.692. The summed E-state index contributed by atoms with van der Waals surface area (Å²) in [6, 6.07) is 2.34. The second-order valence-corrected chi connectivity index (χ2v) is 5.32. The van der Waals surface area contributed by atoms with E-state index in [1.54, 1.807) is 11.3 Å². The number of hydrazine groups is 1. The molecule has 0 amide bonds. The third-order valence-corrected chi connectivity index (χ3v) is 4.57. The number of thiophene rings is 1. The topological polar surface area (TPSA) is 41.3 Å². The maximum absolute atomic E-state index is 5.80. The molecular formula is C13H25N3S. The molecule has 3 N–H and O–H groups in total. The monoisotopic (exact) mass is 255 g/mol. The summed E-state index contributed by atoms with van der Waals surface area (Å²) in [7, 11) is 0. The molecule has 0 bridgehead atoms. The van der Waals surface area contributed by atoms with Gasteiger partial charge in [-0.25, -0.2) is 0 Å². The van der Waals surface area contributed by atoms with Crippen LogP contribution in [0.1, 0.15) is 45.7 Å². The molecule has 0 saturated heterocycles. The van der Waals surface area contributed by atoms with Gasteiger partial charge < -0.3 is 0 Å². The van der Waals surface area contributed by atoms with Gasteiger partial charge in [0.1, 0.15) is 0 Å². The summed E-state index contributed by atoms with van der Waals surface area (Å²) in [6.07, 6.45) is 1.07. The van der Waals surface area contributed by atoms with Crippen LogP contribution in [0.15, 0.2) is 16.8 Å². The van der Waals surface area contributed by atoms with Crippen molar-refractivity contribution in [2.75, 3.05) is 13.1 Å². The molecule has 1 heterocycles. The normalized spacial score (nSPS) is 17.1. The number of nitrogens with zero attached hydrogens (tertiary/aromatic N) is 1. The highest BCUT2D eigenvalue weighted by atomic mass is 32.1. The van der Waals surface area contributed by atoms with Crippen LogP contribution >= 0.6 is 11.3 Å². The van der Waals surface area contributed by atoms with Gasteiger partial charge in [0.25, 0.3) is 0 Å². The maximum Gasteiger partial charge on any atom is 0.0649 e. The van der Waals surface area contributed by atoms with Crippen LogP contribution < -0.4 is 11.3 Å². The van der Waals surface area contributed by atoms with Gasteiger partial charge in [0.15, 0.2) is 0 Å². The Hall–Kier alpha value is -0.420. The van der Waals surface area contributed by atoms with Crippen molar-refractivity contribution in [3.8, 4) is 0 Å². The molecule has 17 heavy (non-hydrogen) atoms. The van der Waals surface area contributed by atoms with Gasteiger partial charge in [0.05, 0.1) is 6.04 Å². The number of hydrogen-bond donors (Lipinski definition) is 2. The van der Waals surface area contributed by atoms with Crippen LogP contribution in [0.25, 0.3) is 0 Å². The molecule has 0 fully saturated rings. The highest BCUT2D eigenvalue weighted by molar-refractivity contribution is 7.07. The molecule has 98 valence electrons. The van der Waals surface area contributed by atoms with E-state index in [9.17, 15) is 0 Å². The van der Waals surface area contributed by atoms with Crippen molar-refractivity contribution < 1.29 is 0 Å². The minimum atomic E-state index is 0.0549. The molecule has 0 aromatic carbocycles. The first-order chi connectivity index (χ1) is 8.13. The van der Waals surface area contributed by atoms with Crippen LogP contribution in [0.5, 0.6) is 0 Å². The number of nitrogens with two attached hydrogens (primary N) is 1. The van der Waals surface area contributed by atoms with Crippen molar-refractivity contribution in [2.45, 2.75) is 45.7 Å². The highest BCUT2D eigenvalue weighted by Crippen LogP contribution is 2.34. The summed E-state index contributed by atoms with van der Waals surface area (Å²) < 4.78 is 0. The van der Waals surface area contributed by atoms with E-state index in [-0.39, 0.29) is 11.6 Å². The lowest BCUT2D eigenvalue weighted by molar-refractivity contribution is 0.0700. The largest absolute Gasteiger partial charge is 0.297 e. The van der Waals surface area contributed by atoms with E-state index in [0.717, 1.165) is 19.5 Å². The van der Waals surface area contributed by atoms with Gasteiger partial charge in [-0.1, -0.05) is 20.8 Å². The lowest BCUT2D eigenvalue weighted by atomic mass is 9.84. The Kier molecular flexibility index (Phi) is 5.59. The predicted octanol–water partition coefficient (Wildman–Crippen LogP) is 2.76. The van der Waals surface area contributed by atoms with E-state index in [2.05, 4.69) is 54.8 Å². The molecule has 2 atom stereocenters. The zero-order valence-corrected chi connectivity index (χ0v) is 12.2. The zero-order chi connectivity index (χ0) is 12.9. The fourth-order valence-electron chi connectivity index (χ4n) is 2.63. The van der Waals surface area contributed by atoms with Gasteiger partial charge in [-0.05, 0) is 48.8 Å². The lowest BCUT2D eigenvalue weighted by Gasteiger charge is -2.45. The van der Waals surface area contributed by atoms with Crippen LogP contribution in [0.3, 0.4) is 0 Å². The number of hydrogen-bond acceptors (Lipinski definition) is 4. The molecule has 1 aromatic heterocycles. The van der Waals surface area contributed by atoms with Crippen LogP contribution in [0.4, 0.5) is 0 Å². The van der Waals surface area contributed by atoms with Crippen LogP contribution in [-0.2, 0) is 0 Å². The van der Waals surface area contributed by atoms with Gasteiger partial charge in [-0.15, -0.1) is 0 Å². The summed E-state index contributed by atoms with van der Waals surface area (Å²) in [5.74, 6) is 5.80. The predicted molar refractivity (Wildman–Crippen MR) is 76.0 cm³/mol. The summed E-state index contributed by atoms with van der Waals surface area (Å²) in [4.78, 5) is 2.48. The molecule has 0 aliphatic rings. The van der Waals surface area contributed by atoms with Crippen molar-refractivity contribution in [3.05, 3.63) is 22.4 Å². The standard InChI is InChI=1S/C13H25N3S/c1-5-13(4,16(6-2)7-3)12(15-14)11-8-9-17-10-11/h8-10,12,15H,5-7,14H2,1-4H3. The average Bonchev–Trinajstić information content (AvgIpc) is 2.85. The van der Waals surface area contributed by atoms with Gasteiger partial charge >= 0.3 is 0 Å². The number of nitrogens with one attached hydrogen (secondary N) is 1. The average molecular weight is 255 g/mol. The first-order valence-electron chi connectivity index (χ1n) is 6.37. The molecule has 4 heteroatoms. The number of rotatable bonds is 7. The minimum Gasteiger partial charge on any atom is -0.297 e. The molecule has 0 spiro atoms. The summed E-state index contributed by atoms with van der Waals surface area (Å²) in [6.45, 7) is 11.0. The third kappa shape index (κ3) is 2.88. The second-order valence-electron chi connectivity index (χ2n) is 4.54. The molecule has 0 radical (unpaired) electrons. The highest BCUT2D eigenvalue weighted by Gasteiger charge is 2.37. The quantitative estimate of drug-likeness (QED) is 0.581. The summed E-state index contributed by atoms with van der Waals surface area (Å²) >= 11 is 1.72. The van der Waals surface area contributed by atoms with Gasteiger partial charge in [-0.2, -0.15) is 11.3 Å². The second kappa shape index (κ2) is 6.50. The van der Waals surface area contributed by atoms with Crippen LogP contribution in [-0.4, -0.2) is 23.5 Å². The Morgan fingerprint density at radius 1 is 1.41 bits per heavy atom. The Morgan fingerprint density at radius 3 is 2.41 bits per heavy atom. The van der Waals surface area contributed by atoms with Crippen molar-refractivity contribution in [1.29, 1.82) is 0 Å². The Balaban J connectivity index is 3.04. The molecule has 3 nitrogen and oxygen atoms in total. The molecule has 0 aliphatic carbocycles. The first kappa shape index (κ1) is 14.6. The number of likely N-dealkylation sites (N-methyl/N-ethyl adjacent to an activating group) is 1. The molecule has 0 saturated carbocycles. The van der Waals surface area contributed by atoms with Crippen molar-refractivity contribution in [1.82, 2.24) is 10.3 Å². The molecule has 1 aromatic rings. The lowest BCUT2D eigenvalue weighted by Crippen LogP contribution is -2.55. The van der Waals surface area contributed by atoms with E-state index in [1.165, 1.54) is 5.56 Å². The molecule has 1 rings (SSSR count). The molecule has 0 aliphatic heterocycles. The summed E-state index contributed by atoms with van der Waals surface area (Å²) in [5, 5.41) is 4.29. The van der Waals surface area contributed by atoms with E-state index in [1.807, 2.05) is 0 Å². The SMILES string of the molecule is CCN(CC)C(C)(CC)C(NN)c1ccsc1. The zero-order valence-electron chi connectivity index (χ0n) is 11.4. The van der Waals surface area contributed by atoms with Crippen molar-refractivity contribution >= 4 is 11.3 Å². The van der Waals surface area contributed by atoms with Crippen LogP contribution in [0, 0.1) is 0 Å². The van der Waals surface area contributed by atoms with Gasteiger partial charge in [0.2, 0.25) is 0 Å².